The van der Waals surface area contributed by atoms with E-state index in [-0.39, 0.29) is 0 Å². The minimum Gasteiger partial charge on any atom is -0.465 e. The van der Waals surface area contributed by atoms with Crippen LogP contribution in [0.2, 0.25) is 5.02 Å². The number of carbonyl (C=O) groups excluding carboxylic acids is 1. The Morgan fingerprint density at radius 2 is 2.21 bits per heavy atom. The van der Waals surface area contributed by atoms with Crippen LogP contribution in [0, 0.1) is 0 Å². The zero-order valence-electron chi connectivity index (χ0n) is 11.1. The van der Waals surface area contributed by atoms with Crippen LogP contribution >= 0.6 is 11.6 Å². The van der Waals surface area contributed by atoms with Crippen molar-refractivity contribution in [2.75, 3.05) is 27.7 Å². The van der Waals surface area contributed by atoms with Gasteiger partial charge in [0.25, 0.3) is 0 Å². The monoisotopic (exact) mass is 282 g/mol. The molecule has 2 heterocycles. The van der Waals surface area contributed by atoms with Crippen LogP contribution in [-0.4, -0.2) is 53.2 Å². The van der Waals surface area contributed by atoms with Gasteiger partial charge in [0.15, 0.2) is 5.65 Å². The maximum absolute atomic E-state index is 11.6. The van der Waals surface area contributed by atoms with Crippen LogP contribution < -0.4 is 0 Å². The Hall–Kier alpha value is -1.66. The van der Waals surface area contributed by atoms with Gasteiger partial charge in [-0.2, -0.15) is 0 Å². The first-order valence-electron chi connectivity index (χ1n) is 5.79. The van der Waals surface area contributed by atoms with Crippen LogP contribution in [0.25, 0.3) is 5.65 Å². The van der Waals surface area contributed by atoms with E-state index in [1.807, 2.05) is 19.0 Å². The second kappa shape index (κ2) is 5.54. The Labute approximate surface area is 115 Å². The van der Waals surface area contributed by atoms with Gasteiger partial charge in [0.05, 0.1) is 17.7 Å². The van der Waals surface area contributed by atoms with E-state index in [4.69, 9.17) is 16.3 Å². The van der Waals surface area contributed by atoms with E-state index in [1.54, 1.807) is 10.6 Å². The Kier molecular flexibility index (Phi) is 4.01. The van der Waals surface area contributed by atoms with Gasteiger partial charge in [-0.05, 0) is 20.2 Å². The predicted molar refractivity (Wildman–Crippen MR) is 71.6 cm³/mol. The maximum Gasteiger partial charge on any atom is 0.339 e. The number of aromatic nitrogens is 3. The number of hydrogen-bond acceptors (Lipinski definition) is 5. The highest BCUT2D eigenvalue weighted by molar-refractivity contribution is 6.33. The fraction of sp³-hybridized carbons (Fsp3) is 0.417. The average molecular weight is 283 g/mol. The molecule has 2 aromatic rings. The fourth-order valence-corrected chi connectivity index (χ4v) is 1.97. The summed E-state index contributed by atoms with van der Waals surface area (Å²) in [6.45, 7) is 0.834. The molecule has 102 valence electrons. The Morgan fingerprint density at radius 1 is 1.47 bits per heavy atom. The Balaban J connectivity index is 2.44. The number of methoxy groups -OCH3 is 1. The van der Waals surface area contributed by atoms with Crippen LogP contribution in [0.5, 0.6) is 0 Å². The van der Waals surface area contributed by atoms with Gasteiger partial charge in [-0.1, -0.05) is 11.6 Å². The first kappa shape index (κ1) is 13.8. The largest absolute Gasteiger partial charge is 0.465 e. The average Bonchev–Trinajstić information content (AvgIpc) is 2.79. The molecule has 6 nitrogen and oxygen atoms in total. The third kappa shape index (κ3) is 2.85. The molecule has 2 rings (SSSR count). The van der Waals surface area contributed by atoms with Crippen LogP contribution in [0.1, 0.15) is 16.2 Å². The molecule has 0 unspecified atom stereocenters. The van der Waals surface area contributed by atoms with E-state index >= 15 is 0 Å². The lowest BCUT2D eigenvalue weighted by Gasteiger charge is -2.08. The molecular weight excluding hydrogens is 268 g/mol. The quantitative estimate of drug-likeness (QED) is 0.791. The van der Waals surface area contributed by atoms with Crippen LogP contribution in [0.4, 0.5) is 0 Å². The van der Waals surface area contributed by atoms with Gasteiger partial charge in [0, 0.05) is 19.2 Å². The molecule has 7 heteroatoms. The predicted octanol–water partition coefficient (Wildman–Crippen LogP) is 1.27. The summed E-state index contributed by atoms with van der Waals surface area (Å²) in [7, 11) is 5.30. The molecule has 0 spiro atoms. The molecule has 0 fully saturated rings. The van der Waals surface area contributed by atoms with E-state index < -0.39 is 5.97 Å². The molecular formula is C12H15ClN4O2. The number of esters is 1. The molecule has 0 saturated heterocycles. The SMILES string of the molecule is COC(=O)c1cc(Cl)c2nnc(CCN(C)C)n2c1. The maximum atomic E-state index is 11.6. The lowest BCUT2D eigenvalue weighted by molar-refractivity contribution is 0.0600. The van der Waals surface area contributed by atoms with Gasteiger partial charge in [-0.25, -0.2) is 4.79 Å². The standard InChI is InChI=1S/C12H15ClN4O2/c1-16(2)5-4-10-14-15-11-9(13)6-8(7-17(10)11)12(18)19-3/h6-7H,4-5H2,1-3H3. The van der Waals surface area contributed by atoms with Gasteiger partial charge in [0.1, 0.15) is 5.82 Å². The van der Waals surface area contributed by atoms with E-state index in [2.05, 4.69) is 10.2 Å². The minimum absolute atomic E-state index is 0.380. The van der Waals surface area contributed by atoms with E-state index in [0.717, 1.165) is 18.8 Å². The van der Waals surface area contributed by atoms with Gasteiger partial charge in [0.2, 0.25) is 0 Å². The number of halogens is 1. The van der Waals surface area contributed by atoms with Crippen LogP contribution in [0.15, 0.2) is 12.3 Å². The van der Waals surface area contributed by atoms with Crippen molar-refractivity contribution in [1.82, 2.24) is 19.5 Å². The highest BCUT2D eigenvalue weighted by atomic mass is 35.5. The smallest absolute Gasteiger partial charge is 0.339 e. The topological polar surface area (TPSA) is 59.7 Å². The number of hydrogen-bond donors (Lipinski definition) is 0. The van der Waals surface area contributed by atoms with Gasteiger partial charge in [-0.15, -0.1) is 10.2 Å². The number of pyridine rings is 1. The summed E-state index contributed by atoms with van der Waals surface area (Å²) in [5.74, 6) is 0.326. The van der Waals surface area contributed by atoms with Gasteiger partial charge in [-0.3, -0.25) is 4.40 Å². The molecule has 0 saturated carbocycles. The van der Waals surface area contributed by atoms with E-state index in [9.17, 15) is 4.79 Å². The third-order valence-corrected chi connectivity index (χ3v) is 3.01. The molecule has 0 N–H and O–H groups in total. The fourth-order valence-electron chi connectivity index (χ4n) is 1.72. The van der Waals surface area contributed by atoms with Crippen molar-refractivity contribution in [2.45, 2.75) is 6.42 Å². The van der Waals surface area contributed by atoms with Crippen molar-refractivity contribution in [1.29, 1.82) is 0 Å². The van der Waals surface area contributed by atoms with E-state index in [0.29, 0.717) is 16.2 Å². The molecule has 19 heavy (non-hydrogen) atoms. The van der Waals surface area contributed by atoms with Crippen molar-refractivity contribution in [3.05, 3.63) is 28.7 Å². The molecule has 0 aliphatic carbocycles. The summed E-state index contributed by atoms with van der Waals surface area (Å²) in [4.78, 5) is 13.6. The number of carbonyl (C=O) groups is 1. The zero-order chi connectivity index (χ0) is 14.0. The molecule has 0 aliphatic rings. The molecule has 2 aromatic heterocycles. The normalized spacial score (nSPS) is 11.2. The van der Waals surface area contributed by atoms with Gasteiger partial charge < -0.3 is 9.64 Å². The molecule has 0 aliphatic heterocycles. The summed E-state index contributed by atoms with van der Waals surface area (Å²) >= 11 is 6.10. The van der Waals surface area contributed by atoms with Crippen molar-refractivity contribution >= 4 is 23.2 Å². The first-order chi connectivity index (χ1) is 9.02. The van der Waals surface area contributed by atoms with E-state index in [1.165, 1.54) is 13.2 Å². The van der Waals surface area contributed by atoms with Crippen molar-refractivity contribution in [3.63, 3.8) is 0 Å². The molecule has 0 amide bonds. The van der Waals surface area contributed by atoms with Crippen molar-refractivity contribution < 1.29 is 9.53 Å². The number of likely N-dealkylation sites (N-methyl/N-ethyl adjacent to an activating group) is 1. The first-order valence-corrected chi connectivity index (χ1v) is 6.17. The molecule has 0 aromatic carbocycles. The summed E-state index contributed by atoms with van der Waals surface area (Å²) in [5.41, 5.74) is 0.925. The van der Waals surface area contributed by atoms with Crippen molar-refractivity contribution in [2.24, 2.45) is 0 Å². The Morgan fingerprint density at radius 3 is 2.84 bits per heavy atom. The number of nitrogens with zero attached hydrogens (tertiary/aromatic N) is 4. The highest BCUT2D eigenvalue weighted by Gasteiger charge is 2.14. The molecule has 0 atom stereocenters. The Bertz CT molecular complexity index is 609. The third-order valence-electron chi connectivity index (χ3n) is 2.73. The number of ether oxygens (including phenoxy) is 1. The molecule has 0 bridgehead atoms. The summed E-state index contributed by atoms with van der Waals surface area (Å²) in [6, 6.07) is 1.53. The van der Waals surface area contributed by atoms with Crippen LogP contribution in [0.3, 0.4) is 0 Å². The summed E-state index contributed by atoms with van der Waals surface area (Å²) < 4.78 is 6.43. The second-order valence-corrected chi connectivity index (χ2v) is 4.84. The van der Waals surface area contributed by atoms with Gasteiger partial charge >= 0.3 is 5.97 Å². The lowest BCUT2D eigenvalue weighted by Crippen LogP contribution is -2.16. The number of fused-ring (bicyclic) bond motifs is 1. The lowest BCUT2D eigenvalue weighted by atomic mass is 10.3. The van der Waals surface area contributed by atoms with Crippen molar-refractivity contribution in [3.8, 4) is 0 Å². The number of rotatable bonds is 4. The summed E-state index contributed by atoms with van der Waals surface area (Å²) in [6.07, 6.45) is 2.37. The minimum atomic E-state index is -0.434. The highest BCUT2D eigenvalue weighted by Crippen LogP contribution is 2.19. The summed E-state index contributed by atoms with van der Waals surface area (Å²) in [5, 5.41) is 8.52. The second-order valence-electron chi connectivity index (χ2n) is 4.43. The zero-order valence-corrected chi connectivity index (χ0v) is 11.8. The van der Waals surface area contributed by atoms with Crippen LogP contribution in [-0.2, 0) is 11.2 Å². The molecule has 0 radical (unpaired) electrons.